The number of aryl methyl sites for hydroxylation is 2. The minimum atomic E-state index is -0.0646. The Hall–Kier alpha value is -4.20. The number of nitrogens with zero attached hydrogens (tertiary/aromatic N) is 3. The Morgan fingerprint density at radius 3 is 2.57 bits per heavy atom. The molecule has 0 radical (unpaired) electrons. The Labute approximate surface area is 205 Å². The van der Waals surface area contributed by atoms with Crippen molar-refractivity contribution in [1.29, 1.82) is 0 Å². The van der Waals surface area contributed by atoms with Gasteiger partial charge in [-0.15, -0.1) is 0 Å². The molecular formula is C27H30N4O4. The molecule has 1 aromatic heterocycles. The normalized spacial score (nSPS) is 11.9. The lowest BCUT2D eigenvalue weighted by atomic mass is 10.0. The van der Waals surface area contributed by atoms with Crippen molar-refractivity contribution in [2.45, 2.75) is 47.0 Å². The zero-order valence-electron chi connectivity index (χ0n) is 20.4. The number of aromatic hydroxyl groups is 1. The fourth-order valence-corrected chi connectivity index (χ4v) is 3.67. The maximum Gasteiger partial charge on any atom is 0.234 e. The molecule has 3 aromatic rings. The molecule has 0 aliphatic rings. The van der Waals surface area contributed by atoms with Gasteiger partial charge in [0.1, 0.15) is 5.76 Å². The third kappa shape index (κ3) is 6.03. The first kappa shape index (κ1) is 25.4. The van der Waals surface area contributed by atoms with Crippen LogP contribution in [-0.2, 0) is 11.2 Å². The van der Waals surface area contributed by atoms with E-state index in [9.17, 15) is 14.7 Å². The van der Waals surface area contributed by atoms with Gasteiger partial charge in [0.05, 0.1) is 28.4 Å². The van der Waals surface area contributed by atoms with Gasteiger partial charge in [-0.05, 0) is 74.2 Å². The number of hydrogen-bond donors (Lipinski definition) is 2. The van der Waals surface area contributed by atoms with Crippen LogP contribution in [0.5, 0.6) is 5.75 Å². The molecule has 0 fully saturated rings. The Bertz CT molecular complexity index is 1260. The van der Waals surface area contributed by atoms with Crippen LogP contribution in [0, 0.1) is 6.92 Å². The number of amides is 1. The molecule has 0 aliphatic carbocycles. The van der Waals surface area contributed by atoms with Gasteiger partial charge in [0, 0.05) is 0 Å². The first-order valence-corrected chi connectivity index (χ1v) is 11.5. The number of aldehydes is 1. The molecule has 0 spiro atoms. The summed E-state index contributed by atoms with van der Waals surface area (Å²) in [6, 6.07) is 14.1. The average Bonchev–Trinajstić information content (AvgIpc) is 3.34. The lowest BCUT2D eigenvalue weighted by molar-refractivity contribution is -0.107. The minimum absolute atomic E-state index is 0.0646. The van der Waals surface area contributed by atoms with E-state index < -0.39 is 0 Å². The summed E-state index contributed by atoms with van der Waals surface area (Å²) in [5.41, 5.74) is 7.88. The van der Waals surface area contributed by atoms with Crippen LogP contribution in [0.3, 0.4) is 0 Å². The van der Waals surface area contributed by atoms with Gasteiger partial charge in [-0.3, -0.25) is 15.0 Å². The molecule has 8 nitrogen and oxygen atoms in total. The summed E-state index contributed by atoms with van der Waals surface area (Å²) in [6.45, 7) is 7.86. The SMILES string of the molecule is CCCc1ccc(N(C=O)/N=C(C)\C(CC)=N\Nc2cccc(-c3ccc(C=O)o3)c2O)cc1C. The van der Waals surface area contributed by atoms with Crippen molar-refractivity contribution in [1.82, 2.24) is 0 Å². The second-order valence-electron chi connectivity index (χ2n) is 8.04. The van der Waals surface area contributed by atoms with E-state index in [1.54, 1.807) is 31.2 Å². The summed E-state index contributed by atoms with van der Waals surface area (Å²) in [5.74, 6) is 0.476. The first-order chi connectivity index (χ1) is 16.9. The van der Waals surface area contributed by atoms with Gasteiger partial charge < -0.3 is 9.52 Å². The average molecular weight is 475 g/mol. The van der Waals surface area contributed by atoms with Crippen molar-refractivity contribution >= 4 is 35.5 Å². The standard InChI is InChI=1S/C27H30N4O4/c1-5-8-20-11-12-21(15-18(20)3)31(17-33)30-19(4)24(6-2)28-29-25-10-7-9-23(27(25)34)26-14-13-22(16-32)35-26/h7,9-17,29,34H,5-6,8H2,1-4H3/b28-24+,30-19-. The number of anilines is 2. The highest BCUT2D eigenvalue weighted by Gasteiger charge is 2.14. The van der Waals surface area contributed by atoms with E-state index in [0.29, 0.717) is 53.2 Å². The van der Waals surface area contributed by atoms with E-state index in [4.69, 9.17) is 4.42 Å². The topological polar surface area (TPSA) is 108 Å². The van der Waals surface area contributed by atoms with E-state index in [1.165, 1.54) is 16.6 Å². The molecule has 0 saturated heterocycles. The van der Waals surface area contributed by atoms with Gasteiger partial charge >= 0.3 is 0 Å². The highest BCUT2D eigenvalue weighted by atomic mass is 16.3. The summed E-state index contributed by atoms with van der Waals surface area (Å²) < 4.78 is 5.42. The Balaban J connectivity index is 1.83. The van der Waals surface area contributed by atoms with Crippen LogP contribution >= 0.6 is 0 Å². The zero-order chi connectivity index (χ0) is 25.4. The summed E-state index contributed by atoms with van der Waals surface area (Å²) >= 11 is 0. The van der Waals surface area contributed by atoms with E-state index in [-0.39, 0.29) is 11.5 Å². The predicted octanol–water partition coefficient (Wildman–Crippen LogP) is 5.94. The van der Waals surface area contributed by atoms with Crippen LogP contribution < -0.4 is 10.4 Å². The predicted molar refractivity (Wildman–Crippen MR) is 139 cm³/mol. The molecule has 182 valence electrons. The van der Waals surface area contributed by atoms with Gasteiger partial charge in [-0.1, -0.05) is 32.4 Å². The largest absolute Gasteiger partial charge is 0.505 e. The number of phenolic OH excluding ortho intramolecular Hbond substituents is 1. The van der Waals surface area contributed by atoms with Crippen LogP contribution in [0.15, 0.2) is 63.2 Å². The molecule has 35 heavy (non-hydrogen) atoms. The monoisotopic (exact) mass is 474 g/mol. The maximum absolute atomic E-state index is 11.8. The van der Waals surface area contributed by atoms with Crippen LogP contribution in [0.25, 0.3) is 11.3 Å². The Morgan fingerprint density at radius 1 is 1.14 bits per heavy atom. The number of carbonyl (C=O) groups excluding carboxylic acids is 2. The van der Waals surface area contributed by atoms with Crippen molar-refractivity contribution < 1.29 is 19.1 Å². The number of nitrogens with one attached hydrogen (secondary N) is 1. The quantitative estimate of drug-likeness (QED) is 0.155. The van der Waals surface area contributed by atoms with Gasteiger partial charge in [0.15, 0.2) is 17.8 Å². The van der Waals surface area contributed by atoms with E-state index >= 15 is 0 Å². The number of phenols is 1. The number of rotatable bonds is 11. The van der Waals surface area contributed by atoms with Crippen LogP contribution in [0.2, 0.25) is 0 Å². The van der Waals surface area contributed by atoms with Crippen molar-refractivity contribution in [2.75, 3.05) is 10.4 Å². The molecule has 0 unspecified atom stereocenters. The number of furan rings is 1. The second-order valence-corrected chi connectivity index (χ2v) is 8.04. The molecule has 3 rings (SSSR count). The van der Waals surface area contributed by atoms with Crippen LogP contribution in [-0.4, -0.2) is 29.2 Å². The molecule has 0 bridgehead atoms. The fourth-order valence-electron chi connectivity index (χ4n) is 3.67. The van der Waals surface area contributed by atoms with E-state index in [0.717, 1.165) is 18.4 Å². The second kappa shape index (κ2) is 11.8. The molecule has 0 atom stereocenters. The molecule has 0 aliphatic heterocycles. The van der Waals surface area contributed by atoms with Crippen molar-refractivity contribution in [3.8, 4) is 17.1 Å². The van der Waals surface area contributed by atoms with Crippen molar-refractivity contribution in [2.24, 2.45) is 10.2 Å². The summed E-state index contributed by atoms with van der Waals surface area (Å²) in [5, 5.41) is 20.9. The smallest absolute Gasteiger partial charge is 0.234 e. The molecule has 2 N–H and O–H groups in total. The molecule has 0 saturated carbocycles. The first-order valence-electron chi connectivity index (χ1n) is 11.5. The lowest BCUT2D eigenvalue weighted by Gasteiger charge is -2.16. The van der Waals surface area contributed by atoms with E-state index in [2.05, 4.69) is 22.6 Å². The third-order valence-corrected chi connectivity index (χ3v) is 5.58. The fraction of sp³-hybridized carbons (Fsp3) is 0.259. The number of hydrazone groups is 2. The summed E-state index contributed by atoms with van der Waals surface area (Å²) in [4.78, 5) is 22.7. The molecule has 1 amide bonds. The molecule has 1 heterocycles. The van der Waals surface area contributed by atoms with Crippen LogP contribution in [0.1, 0.15) is 55.3 Å². The Kier molecular flexibility index (Phi) is 8.56. The van der Waals surface area contributed by atoms with Gasteiger partial charge in [0.2, 0.25) is 6.41 Å². The lowest BCUT2D eigenvalue weighted by Crippen LogP contribution is -2.21. The Morgan fingerprint density at radius 2 is 1.94 bits per heavy atom. The van der Waals surface area contributed by atoms with Crippen molar-refractivity contribution in [3.63, 3.8) is 0 Å². The van der Waals surface area contributed by atoms with Gasteiger partial charge in [0.25, 0.3) is 0 Å². The molecular weight excluding hydrogens is 444 g/mol. The maximum atomic E-state index is 11.8. The summed E-state index contributed by atoms with van der Waals surface area (Å²) in [7, 11) is 0. The van der Waals surface area contributed by atoms with Crippen molar-refractivity contribution in [3.05, 3.63) is 65.4 Å². The van der Waals surface area contributed by atoms with Crippen LogP contribution in [0.4, 0.5) is 11.4 Å². The minimum Gasteiger partial charge on any atom is -0.505 e. The number of benzene rings is 2. The third-order valence-electron chi connectivity index (χ3n) is 5.58. The highest BCUT2D eigenvalue weighted by Crippen LogP contribution is 2.36. The number of para-hydroxylation sites is 1. The van der Waals surface area contributed by atoms with E-state index in [1.807, 2.05) is 32.0 Å². The summed E-state index contributed by atoms with van der Waals surface area (Å²) in [6.07, 6.45) is 3.86. The van der Waals surface area contributed by atoms with Gasteiger partial charge in [-0.25, -0.2) is 5.01 Å². The zero-order valence-corrected chi connectivity index (χ0v) is 20.4. The number of carbonyl (C=O) groups is 2. The number of hydrogen-bond acceptors (Lipinski definition) is 7. The molecule has 8 heteroatoms. The molecule has 2 aromatic carbocycles. The van der Waals surface area contributed by atoms with Gasteiger partial charge in [-0.2, -0.15) is 10.2 Å². The highest BCUT2D eigenvalue weighted by molar-refractivity contribution is 6.41.